The van der Waals surface area contributed by atoms with Crippen LogP contribution in [-0.2, 0) is 4.79 Å². The summed E-state index contributed by atoms with van der Waals surface area (Å²) in [6.45, 7) is 1.72. The molecule has 2 rings (SSSR count). The zero-order valence-corrected chi connectivity index (χ0v) is 10.2. The number of carbonyl (C=O) groups excluding carboxylic acids is 1. The summed E-state index contributed by atoms with van der Waals surface area (Å²) in [6.07, 6.45) is 2.23. The zero-order valence-electron chi connectivity index (χ0n) is 10.2. The average Bonchev–Trinajstić information content (AvgIpc) is 2.68. The van der Waals surface area contributed by atoms with E-state index in [-0.39, 0.29) is 31.1 Å². The van der Waals surface area contributed by atoms with Crippen molar-refractivity contribution in [3.8, 4) is 0 Å². The minimum atomic E-state index is -2.54. The van der Waals surface area contributed by atoms with Crippen LogP contribution in [0.4, 0.5) is 14.5 Å². The summed E-state index contributed by atoms with van der Waals surface area (Å²) in [5, 5.41) is 6.32. The molecular weight excluding hydrogens is 242 g/mol. The summed E-state index contributed by atoms with van der Waals surface area (Å²) < 4.78 is 30.6. The van der Waals surface area contributed by atoms with Gasteiger partial charge < -0.3 is 9.84 Å². The van der Waals surface area contributed by atoms with Gasteiger partial charge in [0, 0.05) is 19.3 Å². The van der Waals surface area contributed by atoms with Gasteiger partial charge >= 0.3 is 0 Å². The van der Waals surface area contributed by atoms with Gasteiger partial charge in [-0.3, -0.25) is 4.79 Å². The molecule has 0 unspecified atom stereocenters. The highest BCUT2D eigenvalue weighted by Crippen LogP contribution is 2.37. The van der Waals surface area contributed by atoms with Crippen molar-refractivity contribution in [3.63, 3.8) is 0 Å². The number of hydrogen-bond acceptors (Lipinski definition) is 3. The van der Waals surface area contributed by atoms with E-state index < -0.39 is 5.92 Å². The Morgan fingerprint density at radius 3 is 2.78 bits per heavy atom. The molecule has 0 spiro atoms. The second-order valence-corrected chi connectivity index (χ2v) is 4.87. The summed E-state index contributed by atoms with van der Waals surface area (Å²) in [7, 11) is 0. The van der Waals surface area contributed by atoms with E-state index in [1.165, 1.54) is 6.26 Å². The lowest BCUT2D eigenvalue weighted by molar-refractivity contribution is -0.118. The standard InChI is InChI=1S/C12H16F2N2O2/c1-8-10(7-18-16-8)15-11(17)6-9-2-4-12(13,14)5-3-9/h7,9H,2-6H2,1H3,(H,15,17). The predicted molar refractivity (Wildman–Crippen MR) is 61.4 cm³/mol. The molecular formula is C12H16F2N2O2. The number of anilines is 1. The fraction of sp³-hybridized carbons (Fsp3) is 0.667. The Morgan fingerprint density at radius 1 is 1.56 bits per heavy atom. The highest BCUT2D eigenvalue weighted by atomic mass is 19.3. The molecule has 4 nitrogen and oxygen atoms in total. The van der Waals surface area contributed by atoms with Crippen molar-refractivity contribution in [1.82, 2.24) is 5.16 Å². The van der Waals surface area contributed by atoms with Crippen LogP contribution in [0.25, 0.3) is 0 Å². The minimum absolute atomic E-state index is 0.0461. The molecule has 0 bridgehead atoms. The Balaban J connectivity index is 1.80. The monoisotopic (exact) mass is 258 g/mol. The van der Waals surface area contributed by atoms with Crippen molar-refractivity contribution in [2.45, 2.75) is 45.0 Å². The average molecular weight is 258 g/mol. The van der Waals surface area contributed by atoms with Crippen LogP contribution in [0.3, 0.4) is 0 Å². The number of carbonyl (C=O) groups is 1. The summed E-state index contributed by atoms with van der Waals surface area (Å²) in [4.78, 5) is 11.7. The molecule has 1 N–H and O–H groups in total. The molecule has 100 valence electrons. The molecule has 0 radical (unpaired) electrons. The second-order valence-electron chi connectivity index (χ2n) is 4.87. The molecule has 0 atom stereocenters. The van der Waals surface area contributed by atoms with Crippen LogP contribution in [-0.4, -0.2) is 17.0 Å². The SMILES string of the molecule is Cc1nocc1NC(=O)CC1CCC(F)(F)CC1. The van der Waals surface area contributed by atoms with E-state index in [1.807, 2.05) is 0 Å². The van der Waals surface area contributed by atoms with E-state index in [4.69, 9.17) is 4.52 Å². The Labute approximate surface area is 104 Å². The molecule has 1 aromatic rings. The van der Waals surface area contributed by atoms with E-state index in [0.29, 0.717) is 24.2 Å². The molecule has 0 aromatic carbocycles. The first-order valence-corrected chi connectivity index (χ1v) is 6.05. The Hall–Kier alpha value is -1.46. The van der Waals surface area contributed by atoms with Crippen LogP contribution in [0.15, 0.2) is 10.8 Å². The van der Waals surface area contributed by atoms with Gasteiger partial charge in [0.05, 0.1) is 0 Å². The first kappa shape index (κ1) is 13.0. The van der Waals surface area contributed by atoms with Crippen LogP contribution < -0.4 is 5.32 Å². The Kier molecular flexibility index (Phi) is 3.63. The number of amides is 1. The van der Waals surface area contributed by atoms with Crippen molar-refractivity contribution in [2.75, 3.05) is 5.32 Å². The largest absolute Gasteiger partial charge is 0.362 e. The van der Waals surface area contributed by atoms with E-state index in [0.717, 1.165) is 0 Å². The van der Waals surface area contributed by atoms with Gasteiger partial charge in [-0.15, -0.1) is 0 Å². The molecule has 1 aliphatic carbocycles. The predicted octanol–water partition coefficient (Wildman–Crippen LogP) is 3.14. The van der Waals surface area contributed by atoms with Crippen LogP contribution in [0, 0.1) is 12.8 Å². The Bertz CT molecular complexity index is 421. The molecule has 1 amide bonds. The maximum atomic E-state index is 13.0. The Morgan fingerprint density at radius 2 is 2.22 bits per heavy atom. The van der Waals surface area contributed by atoms with Gasteiger partial charge in [0.25, 0.3) is 0 Å². The fourth-order valence-corrected chi connectivity index (χ4v) is 2.18. The number of halogens is 2. The fourth-order valence-electron chi connectivity index (χ4n) is 2.18. The molecule has 0 aliphatic heterocycles. The normalized spacial score (nSPS) is 19.7. The van der Waals surface area contributed by atoms with Gasteiger partial charge in [0.15, 0.2) is 0 Å². The smallest absolute Gasteiger partial charge is 0.248 e. The highest BCUT2D eigenvalue weighted by Gasteiger charge is 2.35. The summed E-state index contributed by atoms with van der Waals surface area (Å²) in [6, 6.07) is 0. The van der Waals surface area contributed by atoms with Crippen molar-refractivity contribution in [2.24, 2.45) is 5.92 Å². The highest BCUT2D eigenvalue weighted by molar-refractivity contribution is 5.91. The molecule has 1 heterocycles. The lowest BCUT2D eigenvalue weighted by Crippen LogP contribution is -2.27. The molecule has 0 saturated heterocycles. The lowest BCUT2D eigenvalue weighted by atomic mass is 9.84. The topological polar surface area (TPSA) is 55.1 Å². The summed E-state index contributed by atoms with van der Waals surface area (Å²) in [5.41, 5.74) is 1.15. The van der Waals surface area contributed by atoms with Crippen molar-refractivity contribution in [1.29, 1.82) is 0 Å². The van der Waals surface area contributed by atoms with Gasteiger partial charge in [-0.05, 0) is 25.7 Å². The van der Waals surface area contributed by atoms with E-state index in [1.54, 1.807) is 6.92 Å². The first-order chi connectivity index (χ1) is 8.46. The van der Waals surface area contributed by atoms with E-state index >= 15 is 0 Å². The third-order valence-corrected chi connectivity index (χ3v) is 3.33. The number of aromatic nitrogens is 1. The van der Waals surface area contributed by atoms with Crippen LogP contribution in [0.2, 0.25) is 0 Å². The first-order valence-electron chi connectivity index (χ1n) is 6.05. The minimum Gasteiger partial charge on any atom is -0.362 e. The van der Waals surface area contributed by atoms with Crippen molar-refractivity contribution >= 4 is 11.6 Å². The van der Waals surface area contributed by atoms with Gasteiger partial charge in [-0.2, -0.15) is 0 Å². The molecule has 6 heteroatoms. The molecule has 1 aromatic heterocycles. The maximum absolute atomic E-state index is 13.0. The third-order valence-electron chi connectivity index (χ3n) is 3.33. The molecule has 18 heavy (non-hydrogen) atoms. The summed E-state index contributed by atoms with van der Waals surface area (Å²) >= 11 is 0. The second kappa shape index (κ2) is 5.04. The molecule has 1 saturated carbocycles. The number of aryl methyl sites for hydroxylation is 1. The maximum Gasteiger partial charge on any atom is 0.248 e. The number of nitrogens with zero attached hydrogens (tertiary/aromatic N) is 1. The van der Waals surface area contributed by atoms with Gasteiger partial charge in [0.2, 0.25) is 11.8 Å². The van der Waals surface area contributed by atoms with E-state index in [2.05, 4.69) is 10.5 Å². The summed E-state index contributed by atoms with van der Waals surface area (Å²) in [5.74, 6) is -2.67. The number of nitrogens with one attached hydrogen (secondary N) is 1. The van der Waals surface area contributed by atoms with E-state index in [9.17, 15) is 13.6 Å². The number of rotatable bonds is 3. The molecule has 1 aliphatic rings. The van der Waals surface area contributed by atoms with Crippen molar-refractivity contribution in [3.05, 3.63) is 12.0 Å². The van der Waals surface area contributed by atoms with Crippen LogP contribution in [0.1, 0.15) is 37.8 Å². The van der Waals surface area contributed by atoms with Gasteiger partial charge in [-0.1, -0.05) is 5.16 Å². The van der Waals surface area contributed by atoms with Crippen LogP contribution >= 0.6 is 0 Å². The molecule has 1 fully saturated rings. The quantitative estimate of drug-likeness (QED) is 0.906. The third kappa shape index (κ3) is 3.27. The number of hydrogen-bond donors (Lipinski definition) is 1. The van der Waals surface area contributed by atoms with Crippen molar-refractivity contribution < 1.29 is 18.1 Å². The zero-order chi connectivity index (χ0) is 13.2. The van der Waals surface area contributed by atoms with Crippen LogP contribution in [0.5, 0.6) is 0 Å². The van der Waals surface area contributed by atoms with Gasteiger partial charge in [0.1, 0.15) is 17.6 Å². The number of alkyl halides is 2. The van der Waals surface area contributed by atoms with Gasteiger partial charge in [-0.25, -0.2) is 8.78 Å². The lowest BCUT2D eigenvalue weighted by Gasteiger charge is -2.27.